The van der Waals surface area contributed by atoms with E-state index < -0.39 is 22.1 Å². The number of anilines is 1. The minimum atomic E-state index is -3.80. The van der Waals surface area contributed by atoms with Gasteiger partial charge in [-0.1, -0.05) is 29.8 Å². The van der Waals surface area contributed by atoms with Gasteiger partial charge in [-0.3, -0.25) is 4.79 Å². The minimum absolute atomic E-state index is 0.0312. The zero-order chi connectivity index (χ0) is 22.2. The van der Waals surface area contributed by atoms with Crippen molar-refractivity contribution in [3.63, 3.8) is 0 Å². The van der Waals surface area contributed by atoms with Gasteiger partial charge in [-0.25, -0.2) is 13.2 Å². The fraction of sp³-hybridized carbons (Fsp3) is 0.364. The molecule has 1 atom stereocenters. The molecule has 2 aliphatic heterocycles. The first kappa shape index (κ1) is 21.8. The van der Waals surface area contributed by atoms with Crippen LogP contribution in [0.25, 0.3) is 0 Å². The second-order valence-corrected chi connectivity index (χ2v) is 9.99. The van der Waals surface area contributed by atoms with Crippen LogP contribution in [0.4, 0.5) is 5.69 Å². The number of carbonyl (C=O) groups is 2. The first-order valence-corrected chi connectivity index (χ1v) is 12.0. The van der Waals surface area contributed by atoms with Crippen molar-refractivity contribution in [1.82, 2.24) is 4.31 Å². The van der Waals surface area contributed by atoms with E-state index >= 15 is 0 Å². The zero-order valence-electron chi connectivity index (χ0n) is 17.1. The number of sulfonamides is 1. The highest BCUT2D eigenvalue weighted by Crippen LogP contribution is 2.30. The Kier molecular flexibility index (Phi) is 6.05. The Hall–Kier alpha value is -2.42. The van der Waals surface area contributed by atoms with Crippen LogP contribution in [0.5, 0.6) is 0 Å². The molecule has 0 bridgehead atoms. The molecule has 1 fully saturated rings. The largest absolute Gasteiger partial charge is 0.449 e. The van der Waals surface area contributed by atoms with Gasteiger partial charge in [0.25, 0.3) is 5.91 Å². The third kappa shape index (κ3) is 4.20. The summed E-state index contributed by atoms with van der Waals surface area (Å²) in [5.41, 5.74) is 1.92. The van der Waals surface area contributed by atoms with Crippen LogP contribution in [0, 0.1) is 0 Å². The number of para-hydroxylation sites is 1. The van der Waals surface area contributed by atoms with E-state index in [1.807, 2.05) is 24.3 Å². The fourth-order valence-electron chi connectivity index (χ4n) is 3.96. The summed E-state index contributed by atoms with van der Waals surface area (Å²) in [6.45, 7) is 2.89. The number of esters is 1. The molecule has 0 spiro atoms. The van der Waals surface area contributed by atoms with Crippen LogP contribution in [-0.2, 0) is 26.0 Å². The van der Waals surface area contributed by atoms with Gasteiger partial charge in [0.15, 0.2) is 6.10 Å². The summed E-state index contributed by atoms with van der Waals surface area (Å²) in [6.07, 6.45) is 1.31. The summed E-state index contributed by atoms with van der Waals surface area (Å²) < 4.78 is 32.5. The average Bonchev–Trinajstić information content (AvgIpc) is 3.44. The van der Waals surface area contributed by atoms with Crippen LogP contribution >= 0.6 is 11.6 Å². The lowest BCUT2D eigenvalue weighted by atomic mass is 10.2. The lowest BCUT2D eigenvalue weighted by molar-refractivity contribution is -0.126. The van der Waals surface area contributed by atoms with E-state index in [1.165, 1.54) is 29.4 Å². The standard InChI is InChI=1S/C22H23ClN2O5S/c1-15(21(26)25-13-10-16-6-2-3-7-19(16)25)30-22(27)17-8-9-18(23)20(14-17)31(28,29)24-11-4-5-12-24/h2-3,6-9,14-15H,4-5,10-13H2,1H3/t15-/m0/s1. The number of carbonyl (C=O) groups excluding carboxylic acids is 2. The van der Waals surface area contributed by atoms with E-state index in [-0.39, 0.29) is 21.4 Å². The third-order valence-electron chi connectivity index (χ3n) is 5.63. The van der Waals surface area contributed by atoms with Crippen molar-refractivity contribution in [3.05, 3.63) is 58.6 Å². The van der Waals surface area contributed by atoms with Crippen LogP contribution in [-0.4, -0.2) is 50.3 Å². The molecule has 164 valence electrons. The SMILES string of the molecule is C[C@H](OC(=O)c1ccc(Cl)c(S(=O)(=O)N2CCCC2)c1)C(=O)N1CCc2ccccc21. The van der Waals surface area contributed by atoms with Crippen LogP contribution in [0.3, 0.4) is 0 Å². The smallest absolute Gasteiger partial charge is 0.338 e. The summed E-state index contributed by atoms with van der Waals surface area (Å²) in [7, 11) is -3.80. The maximum absolute atomic E-state index is 12.9. The van der Waals surface area contributed by atoms with E-state index in [4.69, 9.17) is 16.3 Å². The van der Waals surface area contributed by atoms with Crippen molar-refractivity contribution in [2.24, 2.45) is 0 Å². The molecule has 9 heteroatoms. The van der Waals surface area contributed by atoms with Crippen LogP contribution in [0.1, 0.15) is 35.7 Å². The van der Waals surface area contributed by atoms with Crippen molar-refractivity contribution in [3.8, 4) is 0 Å². The monoisotopic (exact) mass is 462 g/mol. The quantitative estimate of drug-likeness (QED) is 0.637. The third-order valence-corrected chi connectivity index (χ3v) is 8.01. The van der Waals surface area contributed by atoms with Gasteiger partial charge < -0.3 is 9.64 Å². The summed E-state index contributed by atoms with van der Waals surface area (Å²) in [5.74, 6) is -1.10. The second-order valence-electron chi connectivity index (χ2n) is 7.67. The van der Waals surface area contributed by atoms with Gasteiger partial charge in [0.1, 0.15) is 4.90 Å². The molecule has 1 saturated heterocycles. The number of benzene rings is 2. The Bertz CT molecular complexity index is 1130. The van der Waals surface area contributed by atoms with Crippen molar-refractivity contribution in [2.45, 2.75) is 37.2 Å². The first-order valence-electron chi connectivity index (χ1n) is 10.2. The van der Waals surface area contributed by atoms with Gasteiger partial charge in [-0.15, -0.1) is 0 Å². The molecular weight excluding hydrogens is 440 g/mol. The van der Waals surface area contributed by atoms with Crippen LogP contribution in [0.15, 0.2) is 47.4 Å². The number of ether oxygens (including phenoxy) is 1. The summed E-state index contributed by atoms with van der Waals surface area (Å²) in [6, 6.07) is 11.6. The second kappa shape index (κ2) is 8.61. The van der Waals surface area contributed by atoms with Crippen LogP contribution < -0.4 is 4.90 Å². The molecule has 2 aromatic carbocycles. The van der Waals surface area contributed by atoms with Gasteiger partial charge in [0.05, 0.1) is 10.6 Å². The molecule has 2 heterocycles. The Morgan fingerprint density at radius 3 is 2.52 bits per heavy atom. The highest BCUT2D eigenvalue weighted by Gasteiger charge is 2.32. The highest BCUT2D eigenvalue weighted by molar-refractivity contribution is 7.89. The van der Waals surface area contributed by atoms with Gasteiger partial charge in [-0.05, 0) is 56.0 Å². The maximum Gasteiger partial charge on any atom is 0.338 e. The molecule has 0 radical (unpaired) electrons. The molecular formula is C22H23ClN2O5S. The molecule has 0 N–H and O–H groups in total. The predicted octanol–water partition coefficient (Wildman–Crippen LogP) is 3.26. The zero-order valence-corrected chi connectivity index (χ0v) is 18.7. The molecule has 0 aliphatic carbocycles. The average molecular weight is 463 g/mol. The van der Waals surface area contributed by atoms with E-state index in [2.05, 4.69) is 0 Å². The summed E-state index contributed by atoms with van der Waals surface area (Å²) in [4.78, 5) is 27.0. The topological polar surface area (TPSA) is 84.0 Å². The molecule has 0 unspecified atom stereocenters. The summed E-state index contributed by atoms with van der Waals surface area (Å²) in [5, 5.41) is 0.0428. The number of hydrogen-bond donors (Lipinski definition) is 0. The molecule has 4 rings (SSSR count). The van der Waals surface area contributed by atoms with E-state index in [9.17, 15) is 18.0 Å². The number of amides is 1. The molecule has 1 amide bonds. The number of nitrogens with zero attached hydrogens (tertiary/aromatic N) is 2. The van der Waals surface area contributed by atoms with Crippen molar-refractivity contribution >= 4 is 39.2 Å². The molecule has 0 aromatic heterocycles. The maximum atomic E-state index is 12.9. The van der Waals surface area contributed by atoms with Crippen molar-refractivity contribution in [2.75, 3.05) is 24.5 Å². The Balaban J connectivity index is 1.51. The Morgan fingerprint density at radius 2 is 1.77 bits per heavy atom. The van der Waals surface area contributed by atoms with Gasteiger partial charge in [0.2, 0.25) is 10.0 Å². The van der Waals surface area contributed by atoms with E-state index in [1.54, 1.807) is 4.90 Å². The fourth-order valence-corrected chi connectivity index (χ4v) is 5.98. The minimum Gasteiger partial charge on any atom is -0.449 e. The van der Waals surface area contributed by atoms with E-state index in [0.29, 0.717) is 19.6 Å². The molecule has 0 saturated carbocycles. The summed E-state index contributed by atoms with van der Waals surface area (Å²) >= 11 is 6.14. The molecule has 2 aliphatic rings. The molecule has 7 nitrogen and oxygen atoms in total. The number of fused-ring (bicyclic) bond motifs is 1. The lowest BCUT2D eigenvalue weighted by Crippen LogP contribution is -2.39. The highest BCUT2D eigenvalue weighted by atomic mass is 35.5. The van der Waals surface area contributed by atoms with E-state index in [0.717, 1.165) is 30.5 Å². The number of rotatable bonds is 5. The van der Waals surface area contributed by atoms with Gasteiger partial charge in [0, 0.05) is 25.3 Å². The van der Waals surface area contributed by atoms with Gasteiger partial charge in [-0.2, -0.15) is 4.31 Å². The first-order chi connectivity index (χ1) is 14.8. The number of halogens is 1. The Labute approximate surface area is 186 Å². The van der Waals surface area contributed by atoms with Crippen LogP contribution in [0.2, 0.25) is 5.02 Å². The number of hydrogen-bond acceptors (Lipinski definition) is 5. The van der Waals surface area contributed by atoms with Crippen molar-refractivity contribution in [1.29, 1.82) is 0 Å². The van der Waals surface area contributed by atoms with Gasteiger partial charge >= 0.3 is 5.97 Å². The molecule has 31 heavy (non-hydrogen) atoms. The predicted molar refractivity (Wildman–Crippen MR) is 117 cm³/mol. The lowest BCUT2D eigenvalue weighted by Gasteiger charge is -2.22. The van der Waals surface area contributed by atoms with Crippen molar-refractivity contribution < 1.29 is 22.7 Å². The Morgan fingerprint density at radius 1 is 1.06 bits per heavy atom. The molecule has 2 aromatic rings. The normalized spacial score (nSPS) is 17.4.